The molecule has 11 nitrogen and oxygen atoms in total. The van der Waals surface area contributed by atoms with Crippen molar-refractivity contribution in [2.75, 3.05) is 12.4 Å². The van der Waals surface area contributed by atoms with Crippen molar-refractivity contribution >= 4 is 24.1 Å². The molecule has 2 amide bonds. The van der Waals surface area contributed by atoms with E-state index in [1.54, 1.807) is 6.07 Å². The highest BCUT2D eigenvalue weighted by atomic mass is 16.6. The van der Waals surface area contributed by atoms with Crippen molar-refractivity contribution in [1.82, 2.24) is 15.5 Å². The third-order valence-corrected chi connectivity index (χ3v) is 6.47. The molecule has 188 valence electrons. The van der Waals surface area contributed by atoms with Gasteiger partial charge in [-0.3, -0.25) is 14.7 Å². The number of methoxy groups -OCH3 is 1. The monoisotopic (exact) mass is 486 g/mol. The highest BCUT2D eigenvalue weighted by molar-refractivity contribution is 5.93. The van der Waals surface area contributed by atoms with E-state index >= 15 is 0 Å². The number of alkyl carbamates (subject to hydrolysis) is 1. The Balaban J connectivity index is 1.31. The fraction of sp³-hybridized carbons (Fsp3) is 0.500. The molecule has 35 heavy (non-hydrogen) atoms. The lowest BCUT2D eigenvalue weighted by Crippen LogP contribution is -2.36. The predicted molar refractivity (Wildman–Crippen MR) is 125 cm³/mol. The van der Waals surface area contributed by atoms with Crippen LogP contribution in [0, 0.1) is 0 Å². The Kier molecular flexibility index (Phi) is 6.86. The molecule has 1 aromatic heterocycles. The number of amides is 2. The Hall–Kier alpha value is -3.76. The van der Waals surface area contributed by atoms with Crippen LogP contribution in [-0.4, -0.2) is 58.4 Å². The quantitative estimate of drug-likeness (QED) is 0.394. The molecule has 2 unspecified atom stereocenters. The van der Waals surface area contributed by atoms with Crippen LogP contribution in [0.15, 0.2) is 18.2 Å². The zero-order valence-electron chi connectivity index (χ0n) is 19.9. The number of nitrogens with zero attached hydrogens (tertiary/aromatic N) is 1. The number of H-pyrrole nitrogens is 1. The third-order valence-electron chi connectivity index (χ3n) is 6.47. The number of aldehydes is 1. The van der Waals surface area contributed by atoms with Crippen molar-refractivity contribution in [2.45, 2.75) is 69.6 Å². The normalized spacial score (nSPS) is 21.0. The summed E-state index contributed by atoms with van der Waals surface area (Å²) in [6.45, 7) is 3.51. The number of benzene rings is 1. The average molecular weight is 487 g/mol. The number of phenols is 1. The summed E-state index contributed by atoms with van der Waals surface area (Å²) in [5, 5.41) is 22.7. The van der Waals surface area contributed by atoms with Gasteiger partial charge in [-0.2, -0.15) is 5.10 Å². The van der Waals surface area contributed by atoms with Crippen molar-refractivity contribution in [3.8, 4) is 17.2 Å². The molecule has 0 bridgehead atoms. The lowest BCUT2D eigenvalue weighted by molar-refractivity contribution is -0.122. The molecule has 2 aliphatic carbocycles. The van der Waals surface area contributed by atoms with Crippen LogP contribution in [0.5, 0.6) is 17.2 Å². The molecule has 1 heterocycles. The van der Waals surface area contributed by atoms with E-state index in [1.807, 2.05) is 6.92 Å². The van der Waals surface area contributed by atoms with Gasteiger partial charge in [-0.15, -0.1) is 0 Å². The summed E-state index contributed by atoms with van der Waals surface area (Å²) in [7, 11) is 1.41. The zero-order valence-corrected chi connectivity index (χ0v) is 19.9. The number of nitrogens with one attached hydrogen (secondary N) is 3. The molecule has 2 fully saturated rings. The van der Waals surface area contributed by atoms with E-state index in [0.29, 0.717) is 18.5 Å². The molecular weight excluding hydrogens is 456 g/mol. The summed E-state index contributed by atoms with van der Waals surface area (Å²) in [4.78, 5) is 36.0. The highest BCUT2D eigenvalue weighted by Gasteiger charge is 2.40. The van der Waals surface area contributed by atoms with E-state index in [0.717, 1.165) is 31.4 Å². The number of aromatic amines is 1. The third kappa shape index (κ3) is 5.84. The molecule has 11 heteroatoms. The fourth-order valence-corrected chi connectivity index (χ4v) is 4.07. The molecule has 4 rings (SSSR count). The molecule has 0 aliphatic heterocycles. The molecule has 1 aromatic carbocycles. The van der Waals surface area contributed by atoms with Crippen molar-refractivity contribution in [3.05, 3.63) is 29.5 Å². The van der Waals surface area contributed by atoms with Crippen LogP contribution >= 0.6 is 0 Å². The van der Waals surface area contributed by atoms with Gasteiger partial charge in [0.15, 0.2) is 18.2 Å². The number of phenolic OH excluding ortho intramolecular Hbond substituents is 1. The van der Waals surface area contributed by atoms with Gasteiger partial charge in [0.25, 0.3) is 5.91 Å². The minimum atomic E-state index is -0.989. The second-order valence-electron chi connectivity index (χ2n) is 9.36. The number of aromatic nitrogens is 2. The molecule has 2 saturated carbocycles. The minimum absolute atomic E-state index is 0.0268. The number of hydrogen-bond donors (Lipinski definition) is 4. The van der Waals surface area contributed by atoms with Gasteiger partial charge in [0, 0.05) is 35.3 Å². The summed E-state index contributed by atoms with van der Waals surface area (Å²) in [6, 6.07) is 4.45. The largest absolute Gasteiger partial charge is 0.507 e. The number of carbonyl (C=O) groups excluding carboxylic acids is 3. The van der Waals surface area contributed by atoms with Crippen LogP contribution < -0.4 is 20.1 Å². The van der Waals surface area contributed by atoms with Crippen molar-refractivity contribution in [2.24, 2.45) is 0 Å². The van der Waals surface area contributed by atoms with E-state index in [2.05, 4.69) is 20.8 Å². The van der Waals surface area contributed by atoms with Crippen LogP contribution in [0.4, 0.5) is 10.6 Å². The van der Waals surface area contributed by atoms with Gasteiger partial charge in [0.2, 0.25) is 0 Å². The first kappa shape index (κ1) is 24.4. The summed E-state index contributed by atoms with van der Waals surface area (Å²) in [5.41, 5.74) is 0.648. The predicted octanol–water partition coefficient (Wildman–Crippen LogP) is 3.26. The maximum absolute atomic E-state index is 12.6. The van der Waals surface area contributed by atoms with Gasteiger partial charge in [-0.1, -0.05) is 0 Å². The second kappa shape index (κ2) is 9.85. The van der Waals surface area contributed by atoms with Crippen LogP contribution in [0.25, 0.3) is 0 Å². The van der Waals surface area contributed by atoms with Crippen LogP contribution in [-0.2, 0) is 9.53 Å². The van der Waals surface area contributed by atoms with Crippen LogP contribution in [0.3, 0.4) is 0 Å². The number of aromatic hydroxyl groups is 1. The maximum Gasteiger partial charge on any atom is 0.407 e. The van der Waals surface area contributed by atoms with E-state index in [-0.39, 0.29) is 46.5 Å². The fourth-order valence-electron chi connectivity index (χ4n) is 4.07. The number of carbonyl (C=O) groups is 3. The van der Waals surface area contributed by atoms with Gasteiger partial charge in [-0.05, 0) is 46.0 Å². The summed E-state index contributed by atoms with van der Waals surface area (Å²) in [5.74, 6) is -0.0268. The summed E-state index contributed by atoms with van der Waals surface area (Å²) < 4.78 is 16.2. The van der Waals surface area contributed by atoms with E-state index in [4.69, 9.17) is 14.2 Å². The molecular formula is C24H30N4O7. The van der Waals surface area contributed by atoms with Gasteiger partial charge < -0.3 is 30.0 Å². The lowest BCUT2D eigenvalue weighted by atomic mass is 10.0. The highest BCUT2D eigenvalue weighted by Crippen LogP contribution is 2.37. The molecule has 2 aromatic rings. The summed E-state index contributed by atoms with van der Waals surface area (Å²) >= 11 is 0. The minimum Gasteiger partial charge on any atom is -0.507 e. The Morgan fingerprint density at radius 3 is 2.74 bits per heavy atom. The Bertz CT molecular complexity index is 1110. The molecule has 0 radical (unpaired) electrons. The SMILES string of the molecule is COc1cc(O)c(C=O)c(O[C@H](C)C(=O)Nc2cc(C3CCC(OC(=O)NC4(C)CC4)C3)[nH]n2)c1. The average Bonchev–Trinajstić information content (AvgIpc) is 3.16. The molecule has 2 aliphatic rings. The van der Waals surface area contributed by atoms with E-state index in [9.17, 15) is 19.5 Å². The first-order chi connectivity index (χ1) is 16.7. The van der Waals surface area contributed by atoms with Gasteiger partial charge in [-0.25, -0.2) is 4.79 Å². The van der Waals surface area contributed by atoms with Crippen LogP contribution in [0.1, 0.15) is 67.9 Å². The van der Waals surface area contributed by atoms with Gasteiger partial charge >= 0.3 is 6.09 Å². The lowest BCUT2D eigenvalue weighted by Gasteiger charge is -2.16. The van der Waals surface area contributed by atoms with E-state index < -0.39 is 12.0 Å². The van der Waals surface area contributed by atoms with Crippen molar-refractivity contribution in [1.29, 1.82) is 0 Å². The maximum atomic E-state index is 12.6. The smallest absolute Gasteiger partial charge is 0.407 e. The van der Waals surface area contributed by atoms with Gasteiger partial charge in [0.1, 0.15) is 23.4 Å². The second-order valence-corrected chi connectivity index (χ2v) is 9.36. The first-order valence-corrected chi connectivity index (χ1v) is 11.6. The molecule has 0 saturated heterocycles. The standard InChI is InChI=1S/C24H30N4O7/c1-13(34-20-10-16(33-3)9-19(30)17(20)12-29)22(31)25-21-11-18(27-28-21)14-4-5-15(8-14)35-23(32)26-24(2)6-7-24/h9-15,30H,4-8H2,1-3H3,(H,26,32)(H2,25,27,28,31)/t13-,14?,15?/m1/s1. The molecule has 0 spiro atoms. The first-order valence-electron chi connectivity index (χ1n) is 11.6. The molecule has 4 N–H and O–H groups in total. The number of hydrogen-bond acceptors (Lipinski definition) is 8. The van der Waals surface area contributed by atoms with Crippen LogP contribution in [0.2, 0.25) is 0 Å². The summed E-state index contributed by atoms with van der Waals surface area (Å²) in [6.07, 6.45) is 3.13. The zero-order chi connectivity index (χ0) is 25.2. The number of anilines is 1. The van der Waals surface area contributed by atoms with E-state index in [1.165, 1.54) is 26.2 Å². The Morgan fingerprint density at radius 2 is 2.06 bits per heavy atom. The number of rotatable bonds is 9. The topological polar surface area (TPSA) is 152 Å². The van der Waals surface area contributed by atoms with Crippen molar-refractivity contribution in [3.63, 3.8) is 0 Å². The molecule has 3 atom stereocenters. The Labute approximate surface area is 202 Å². The number of ether oxygens (including phenoxy) is 3. The van der Waals surface area contributed by atoms with Gasteiger partial charge in [0.05, 0.1) is 12.7 Å². The Morgan fingerprint density at radius 1 is 1.29 bits per heavy atom. The van der Waals surface area contributed by atoms with Crippen molar-refractivity contribution < 1.29 is 33.7 Å².